The van der Waals surface area contributed by atoms with Crippen molar-refractivity contribution in [2.45, 2.75) is 26.2 Å². The summed E-state index contributed by atoms with van der Waals surface area (Å²) in [6, 6.07) is 5.99. The fourth-order valence-corrected chi connectivity index (χ4v) is 2.26. The summed E-state index contributed by atoms with van der Waals surface area (Å²) in [7, 11) is 5.19. The third kappa shape index (κ3) is 2.50. The van der Waals surface area contributed by atoms with Gasteiger partial charge in [0, 0.05) is 24.1 Å². The smallest absolute Gasteiger partial charge is 0.148 e. The van der Waals surface area contributed by atoms with E-state index in [1.807, 2.05) is 19.2 Å². The molecule has 108 valence electrons. The highest BCUT2D eigenvalue weighted by Crippen LogP contribution is 2.36. The second-order valence-corrected chi connectivity index (χ2v) is 5.79. The van der Waals surface area contributed by atoms with Gasteiger partial charge in [-0.2, -0.15) is 0 Å². The highest BCUT2D eigenvalue weighted by Gasteiger charge is 2.20. The number of aromatic nitrogens is 1. The minimum atomic E-state index is 0.00977. The number of nitrogens with one attached hydrogen (secondary N) is 1. The van der Waals surface area contributed by atoms with E-state index in [1.54, 1.807) is 14.2 Å². The van der Waals surface area contributed by atoms with E-state index in [-0.39, 0.29) is 5.41 Å². The van der Waals surface area contributed by atoms with E-state index < -0.39 is 0 Å². The predicted octanol–water partition coefficient (Wildman–Crippen LogP) is 3.59. The molecule has 0 aliphatic heterocycles. The Labute approximate surface area is 120 Å². The van der Waals surface area contributed by atoms with Crippen LogP contribution in [0.4, 0.5) is 5.82 Å². The molecule has 0 aliphatic rings. The number of nitrogens with zero attached hydrogens (tertiary/aromatic N) is 1. The van der Waals surface area contributed by atoms with Crippen molar-refractivity contribution in [3.8, 4) is 11.5 Å². The van der Waals surface area contributed by atoms with E-state index in [2.05, 4.69) is 32.2 Å². The zero-order valence-corrected chi connectivity index (χ0v) is 13.0. The molecule has 0 saturated heterocycles. The standard InChI is InChI=1S/C16H22N2O2/c1-16(2,3)12-8-10-7-11(19-5)9-13(20-6)14(10)18-15(12)17-4/h7-9H,1-6H3,(H,17,18). The molecule has 4 heteroatoms. The summed E-state index contributed by atoms with van der Waals surface area (Å²) in [5, 5.41) is 4.19. The Morgan fingerprint density at radius 2 is 1.75 bits per heavy atom. The van der Waals surface area contributed by atoms with Gasteiger partial charge in [0.25, 0.3) is 0 Å². The quantitative estimate of drug-likeness (QED) is 0.929. The van der Waals surface area contributed by atoms with E-state index in [9.17, 15) is 0 Å². The molecule has 0 atom stereocenters. The van der Waals surface area contributed by atoms with E-state index in [1.165, 1.54) is 5.56 Å². The van der Waals surface area contributed by atoms with Crippen molar-refractivity contribution in [3.05, 3.63) is 23.8 Å². The molecule has 1 aromatic heterocycles. The Kier molecular flexibility index (Phi) is 3.75. The zero-order chi connectivity index (χ0) is 14.9. The van der Waals surface area contributed by atoms with Crippen molar-refractivity contribution in [2.75, 3.05) is 26.6 Å². The molecule has 0 bridgehead atoms. The Hall–Kier alpha value is -1.97. The van der Waals surface area contributed by atoms with Crippen LogP contribution >= 0.6 is 0 Å². The summed E-state index contributed by atoms with van der Waals surface area (Å²) < 4.78 is 10.7. The highest BCUT2D eigenvalue weighted by atomic mass is 16.5. The summed E-state index contributed by atoms with van der Waals surface area (Å²) in [5.74, 6) is 2.37. The maximum absolute atomic E-state index is 5.42. The van der Waals surface area contributed by atoms with Gasteiger partial charge in [0.1, 0.15) is 22.8 Å². The molecule has 1 aromatic carbocycles. The number of benzene rings is 1. The molecule has 1 N–H and O–H groups in total. The van der Waals surface area contributed by atoms with Crippen LogP contribution in [0.2, 0.25) is 0 Å². The predicted molar refractivity (Wildman–Crippen MR) is 83.1 cm³/mol. The van der Waals surface area contributed by atoms with E-state index in [0.29, 0.717) is 0 Å². The Balaban J connectivity index is 2.80. The number of pyridine rings is 1. The molecule has 0 spiro atoms. The summed E-state index contributed by atoms with van der Waals surface area (Å²) in [6.07, 6.45) is 0. The fourth-order valence-electron chi connectivity index (χ4n) is 2.26. The van der Waals surface area contributed by atoms with Gasteiger partial charge < -0.3 is 14.8 Å². The van der Waals surface area contributed by atoms with Gasteiger partial charge in [-0.15, -0.1) is 0 Å². The Bertz CT molecular complexity index is 630. The van der Waals surface area contributed by atoms with Crippen LogP contribution in [-0.2, 0) is 5.41 Å². The lowest BCUT2D eigenvalue weighted by Gasteiger charge is -2.23. The number of hydrogen-bond donors (Lipinski definition) is 1. The maximum atomic E-state index is 5.42. The molecule has 1 heterocycles. The average molecular weight is 274 g/mol. The van der Waals surface area contributed by atoms with Gasteiger partial charge in [-0.25, -0.2) is 4.98 Å². The molecule has 0 aliphatic carbocycles. The summed E-state index contributed by atoms with van der Waals surface area (Å²) in [4.78, 5) is 4.71. The fraction of sp³-hybridized carbons (Fsp3) is 0.438. The van der Waals surface area contributed by atoms with Crippen LogP contribution in [0.3, 0.4) is 0 Å². The lowest BCUT2D eigenvalue weighted by atomic mass is 9.86. The summed E-state index contributed by atoms with van der Waals surface area (Å²) >= 11 is 0. The first kappa shape index (κ1) is 14.4. The first-order valence-corrected chi connectivity index (χ1v) is 6.65. The van der Waals surface area contributed by atoms with Gasteiger partial charge in [0.15, 0.2) is 0 Å². The molecule has 20 heavy (non-hydrogen) atoms. The van der Waals surface area contributed by atoms with Crippen molar-refractivity contribution in [1.82, 2.24) is 4.98 Å². The average Bonchev–Trinajstić information content (AvgIpc) is 2.43. The van der Waals surface area contributed by atoms with E-state index >= 15 is 0 Å². The van der Waals surface area contributed by atoms with Crippen LogP contribution in [0.5, 0.6) is 11.5 Å². The second-order valence-electron chi connectivity index (χ2n) is 5.79. The van der Waals surface area contributed by atoms with Crippen LogP contribution < -0.4 is 14.8 Å². The van der Waals surface area contributed by atoms with Crippen LogP contribution in [0.1, 0.15) is 26.3 Å². The van der Waals surface area contributed by atoms with Crippen LogP contribution in [0, 0.1) is 0 Å². The van der Waals surface area contributed by atoms with Crippen molar-refractivity contribution >= 4 is 16.7 Å². The second kappa shape index (κ2) is 5.19. The third-order valence-corrected chi connectivity index (χ3v) is 3.36. The number of anilines is 1. The monoisotopic (exact) mass is 274 g/mol. The molecule has 0 saturated carbocycles. The normalized spacial score (nSPS) is 11.5. The van der Waals surface area contributed by atoms with Crippen molar-refractivity contribution in [2.24, 2.45) is 0 Å². The van der Waals surface area contributed by atoms with Gasteiger partial charge >= 0.3 is 0 Å². The van der Waals surface area contributed by atoms with Gasteiger partial charge in [-0.3, -0.25) is 0 Å². The molecular weight excluding hydrogens is 252 g/mol. The van der Waals surface area contributed by atoms with Crippen LogP contribution in [0.15, 0.2) is 18.2 Å². The number of methoxy groups -OCH3 is 2. The third-order valence-electron chi connectivity index (χ3n) is 3.36. The maximum Gasteiger partial charge on any atom is 0.148 e. The first-order chi connectivity index (χ1) is 9.40. The SMILES string of the molecule is CNc1nc2c(OC)cc(OC)cc2cc1C(C)(C)C. The van der Waals surface area contributed by atoms with Crippen molar-refractivity contribution < 1.29 is 9.47 Å². The topological polar surface area (TPSA) is 43.4 Å². The number of fused-ring (bicyclic) bond motifs is 1. The van der Waals surface area contributed by atoms with E-state index in [0.717, 1.165) is 28.2 Å². The largest absolute Gasteiger partial charge is 0.497 e. The molecule has 2 rings (SSSR count). The summed E-state index contributed by atoms with van der Waals surface area (Å²) in [5.41, 5.74) is 2.02. The number of hydrogen-bond acceptors (Lipinski definition) is 4. The van der Waals surface area contributed by atoms with Crippen molar-refractivity contribution in [3.63, 3.8) is 0 Å². The molecule has 0 amide bonds. The minimum Gasteiger partial charge on any atom is -0.497 e. The zero-order valence-electron chi connectivity index (χ0n) is 13.0. The van der Waals surface area contributed by atoms with Gasteiger partial charge in [0.2, 0.25) is 0 Å². The molecule has 2 aromatic rings. The summed E-state index contributed by atoms with van der Waals surface area (Å²) in [6.45, 7) is 6.52. The van der Waals surface area contributed by atoms with Gasteiger partial charge in [0.05, 0.1) is 14.2 Å². The highest BCUT2D eigenvalue weighted by molar-refractivity contribution is 5.89. The Morgan fingerprint density at radius 1 is 1.05 bits per heavy atom. The van der Waals surface area contributed by atoms with Crippen LogP contribution in [-0.4, -0.2) is 26.3 Å². The minimum absolute atomic E-state index is 0.00977. The molecule has 0 fully saturated rings. The lowest BCUT2D eigenvalue weighted by molar-refractivity contribution is 0.397. The van der Waals surface area contributed by atoms with E-state index in [4.69, 9.17) is 14.5 Å². The van der Waals surface area contributed by atoms with Gasteiger partial charge in [-0.05, 0) is 17.5 Å². The molecule has 4 nitrogen and oxygen atoms in total. The molecule has 0 radical (unpaired) electrons. The Morgan fingerprint density at radius 3 is 2.25 bits per heavy atom. The van der Waals surface area contributed by atoms with Crippen LogP contribution in [0.25, 0.3) is 10.9 Å². The molecule has 0 unspecified atom stereocenters. The first-order valence-electron chi connectivity index (χ1n) is 6.65. The van der Waals surface area contributed by atoms with Gasteiger partial charge in [-0.1, -0.05) is 20.8 Å². The lowest BCUT2D eigenvalue weighted by Crippen LogP contribution is -2.15. The number of ether oxygens (including phenoxy) is 2. The molecular formula is C16H22N2O2. The van der Waals surface area contributed by atoms with Crippen molar-refractivity contribution in [1.29, 1.82) is 0 Å². The number of rotatable bonds is 3.